The summed E-state index contributed by atoms with van der Waals surface area (Å²) < 4.78 is 19.2. The number of rotatable bonds is 3. The molecule has 0 spiro atoms. The first-order valence-electron chi connectivity index (χ1n) is 8.04. The molecule has 0 aromatic heterocycles. The maximum absolute atomic E-state index is 12.3. The van der Waals surface area contributed by atoms with Gasteiger partial charge in [0.05, 0.1) is 12.0 Å². The maximum atomic E-state index is 12.3. The van der Waals surface area contributed by atoms with Crippen molar-refractivity contribution in [3.63, 3.8) is 0 Å². The minimum absolute atomic E-state index is 0.605. The molecule has 0 aliphatic carbocycles. The van der Waals surface area contributed by atoms with Crippen LogP contribution in [0.4, 0.5) is 0 Å². The minimum Gasteiger partial charge on any atom is -0.496 e. The van der Waals surface area contributed by atoms with Gasteiger partial charge in [0.1, 0.15) is 16.7 Å². The van der Waals surface area contributed by atoms with Crippen LogP contribution in [0.1, 0.15) is 0 Å². The van der Waals surface area contributed by atoms with Crippen molar-refractivity contribution in [2.24, 2.45) is 5.14 Å². The van der Waals surface area contributed by atoms with Gasteiger partial charge >= 0.3 is 0 Å². The van der Waals surface area contributed by atoms with E-state index in [1.807, 2.05) is 48.5 Å². The van der Waals surface area contributed by atoms with Crippen molar-refractivity contribution in [3.05, 3.63) is 70.3 Å². The highest BCUT2D eigenvalue weighted by Crippen LogP contribution is 2.43. The number of nitrogens with two attached hydrogens (primary N) is 1. The lowest BCUT2D eigenvalue weighted by atomic mass is 9.93. The second-order valence-corrected chi connectivity index (χ2v) is 8.25. The number of ether oxygens (including phenoxy) is 1. The summed E-state index contributed by atoms with van der Waals surface area (Å²) in [5.74, 6) is 0.738. The molecule has 130 valence electrons. The van der Waals surface area contributed by atoms with Crippen LogP contribution >= 0.6 is 22.6 Å². The lowest BCUT2D eigenvalue weighted by molar-refractivity contribution is 0.417. The van der Waals surface area contributed by atoms with Crippen LogP contribution in [0.15, 0.2) is 71.6 Å². The fraction of sp³-hybridized carbons (Fsp3) is 0.0476. The van der Waals surface area contributed by atoms with E-state index in [4.69, 9.17) is 9.88 Å². The Labute approximate surface area is 167 Å². The van der Waals surface area contributed by atoms with Gasteiger partial charge in [-0.05, 0) is 68.4 Å². The molecule has 0 saturated heterocycles. The molecule has 3 nitrogen and oxygen atoms in total. The second-order valence-electron chi connectivity index (χ2n) is 5.97. The fourth-order valence-electron chi connectivity index (χ4n) is 3.39. The molecule has 0 fully saturated rings. The molecule has 1 atom stereocenters. The molecule has 4 rings (SSSR count). The summed E-state index contributed by atoms with van der Waals surface area (Å²) in [7, 11) is 0.0427. The number of halogens is 1. The number of benzene rings is 4. The Morgan fingerprint density at radius 3 is 2.38 bits per heavy atom. The van der Waals surface area contributed by atoms with E-state index in [-0.39, 0.29) is 0 Å². The fourth-order valence-corrected chi connectivity index (χ4v) is 4.52. The quantitative estimate of drug-likeness (QED) is 0.413. The summed E-state index contributed by atoms with van der Waals surface area (Å²) in [5.41, 5.74) is 1.79. The van der Waals surface area contributed by atoms with Crippen molar-refractivity contribution in [3.8, 4) is 16.9 Å². The van der Waals surface area contributed by atoms with E-state index in [0.717, 1.165) is 42.0 Å². The van der Waals surface area contributed by atoms with Crippen molar-refractivity contribution in [2.75, 3.05) is 7.11 Å². The molecule has 0 bridgehead atoms. The molecule has 5 heteroatoms. The summed E-state index contributed by atoms with van der Waals surface area (Å²) in [6, 6.07) is 22.1. The topological polar surface area (TPSA) is 52.3 Å². The van der Waals surface area contributed by atoms with Crippen LogP contribution in [0.3, 0.4) is 0 Å². The predicted octanol–water partition coefficient (Wildman–Crippen LogP) is 5.25. The Morgan fingerprint density at radius 2 is 1.62 bits per heavy atom. The molecule has 4 aromatic rings. The highest BCUT2D eigenvalue weighted by molar-refractivity contribution is 14.1. The van der Waals surface area contributed by atoms with Crippen LogP contribution in [0.2, 0.25) is 0 Å². The Balaban J connectivity index is 2.23. The van der Waals surface area contributed by atoms with Crippen molar-refractivity contribution in [1.82, 2.24) is 0 Å². The molecule has 0 aliphatic heterocycles. The lowest BCUT2D eigenvalue weighted by Crippen LogP contribution is -2.05. The van der Waals surface area contributed by atoms with E-state index in [2.05, 4.69) is 40.8 Å². The van der Waals surface area contributed by atoms with Crippen LogP contribution in [0.25, 0.3) is 32.7 Å². The molecule has 0 heterocycles. The zero-order valence-electron chi connectivity index (χ0n) is 14.0. The summed E-state index contributed by atoms with van der Waals surface area (Å²) in [6.07, 6.45) is 0. The number of methoxy groups -OCH3 is 1. The lowest BCUT2D eigenvalue weighted by Gasteiger charge is -2.17. The third-order valence-electron chi connectivity index (χ3n) is 4.52. The summed E-state index contributed by atoms with van der Waals surface area (Å²) in [5, 5.41) is 10.1. The molecule has 0 radical (unpaired) electrons. The van der Waals surface area contributed by atoms with Crippen molar-refractivity contribution in [1.29, 1.82) is 0 Å². The number of hydrogen-bond acceptors (Lipinski definition) is 2. The minimum atomic E-state index is -1.61. The Hall–Kier alpha value is -1.96. The van der Waals surface area contributed by atoms with Crippen LogP contribution < -0.4 is 9.88 Å². The monoisotopic (exact) mass is 473 g/mol. The SMILES string of the molecule is COc1ccc2cc(I)ccc2c1-c1c(S(N)=O)ccc2ccccc12. The zero-order chi connectivity index (χ0) is 18.3. The van der Waals surface area contributed by atoms with Gasteiger partial charge < -0.3 is 4.74 Å². The molecule has 26 heavy (non-hydrogen) atoms. The van der Waals surface area contributed by atoms with Gasteiger partial charge in [-0.2, -0.15) is 0 Å². The number of fused-ring (bicyclic) bond motifs is 2. The molecule has 2 N–H and O–H groups in total. The van der Waals surface area contributed by atoms with Gasteiger partial charge in [0.25, 0.3) is 0 Å². The van der Waals surface area contributed by atoms with Crippen LogP contribution in [-0.2, 0) is 11.0 Å². The van der Waals surface area contributed by atoms with Crippen LogP contribution in [-0.4, -0.2) is 11.3 Å². The van der Waals surface area contributed by atoms with E-state index in [1.165, 1.54) is 0 Å². The average molecular weight is 473 g/mol. The van der Waals surface area contributed by atoms with Crippen molar-refractivity contribution in [2.45, 2.75) is 4.90 Å². The van der Waals surface area contributed by atoms with E-state index in [9.17, 15) is 4.21 Å². The first-order valence-corrected chi connectivity index (χ1v) is 10.3. The Morgan fingerprint density at radius 1 is 0.885 bits per heavy atom. The standard InChI is InChI=1S/C21H16INO2S/c1-25-18-10-6-14-12-15(22)8-9-17(14)20(18)21-16-5-3-2-4-13(16)7-11-19(21)26(23)24/h2-12H,23H2,1H3. The van der Waals surface area contributed by atoms with E-state index in [0.29, 0.717) is 4.90 Å². The van der Waals surface area contributed by atoms with Gasteiger partial charge in [0, 0.05) is 14.7 Å². The van der Waals surface area contributed by atoms with Crippen molar-refractivity contribution < 1.29 is 8.95 Å². The molecule has 0 aliphatic rings. The first-order chi connectivity index (χ1) is 12.6. The van der Waals surface area contributed by atoms with Gasteiger partial charge in [-0.3, -0.25) is 0 Å². The largest absolute Gasteiger partial charge is 0.496 e. The van der Waals surface area contributed by atoms with Crippen molar-refractivity contribution >= 4 is 55.1 Å². The summed E-state index contributed by atoms with van der Waals surface area (Å²) >= 11 is 2.30. The molecule has 0 amide bonds. The Kier molecular flexibility index (Phi) is 4.69. The average Bonchev–Trinajstić information content (AvgIpc) is 2.66. The highest BCUT2D eigenvalue weighted by atomic mass is 127. The highest BCUT2D eigenvalue weighted by Gasteiger charge is 2.19. The first kappa shape index (κ1) is 17.5. The van der Waals surface area contributed by atoms with Gasteiger partial charge in [0.2, 0.25) is 0 Å². The van der Waals surface area contributed by atoms with E-state index < -0.39 is 11.0 Å². The third kappa shape index (κ3) is 2.90. The molecule has 0 saturated carbocycles. The molecular formula is C21H16INO2S. The smallest absolute Gasteiger partial charge is 0.127 e. The summed E-state index contributed by atoms with van der Waals surface area (Å²) in [4.78, 5) is 0.605. The molecule has 4 aromatic carbocycles. The zero-order valence-corrected chi connectivity index (χ0v) is 17.0. The van der Waals surface area contributed by atoms with Gasteiger partial charge in [-0.1, -0.05) is 42.5 Å². The Bertz CT molecular complexity index is 1170. The third-order valence-corrected chi connectivity index (χ3v) is 5.97. The normalized spacial score (nSPS) is 12.4. The van der Waals surface area contributed by atoms with E-state index in [1.54, 1.807) is 7.11 Å². The van der Waals surface area contributed by atoms with Gasteiger partial charge in [-0.25, -0.2) is 9.35 Å². The predicted molar refractivity (Wildman–Crippen MR) is 117 cm³/mol. The molecule has 1 unspecified atom stereocenters. The maximum Gasteiger partial charge on any atom is 0.127 e. The second kappa shape index (κ2) is 6.98. The number of hydrogen-bond donors (Lipinski definition) is 1. The van der Waals surface area contributed by atoms with Gasteiger partial charge in [-0.15, -0.1) is 0 Å². The van der Waals surface area contributed by atoms with Crippen LogP contribution in [0.5, 0.6) is 5.75 Å². The van der Waals surface area contributed by atoms with Crippen LogP contribution in [0, 0.1) is 3.57 Å². The van der Waals surface area contributed by atoms with E-state index >= 15 is 0 Å². The molecular weight excluding hydrogens is 457 g/mol. The van der Waals surface area contributed by atoms with Gasteiger partial charge in [0.15, 0.2) is 0 Å². The summed E-state index contributed by atoms with van der Waals surface area (Å²) in [6.45, 7) is 0.